The van der Waals surface area contributed by atoms with Gasteiger partial charge in [-0.1, -0.05) is 49.5 Å². The SMILES string of the molecule is Cc1cc(C(Br)c2cc(F)cc(Br)c2)c(C)cc1Cl. The zero-order valence-corrected chi connectivity index (χ0v) is 14.4. The Kier molecular flexibility index (Phi) is 4.70. The smallest absolute Gasteiger partial charge is 0.124 e. The largest absolute Gasteiger partial charge is 0.207 e. The van der Waals surface area contributed by atoms with Crippen LogP contribution in [0, 0.1) is 19.7 Å². The second-order valence-corrected chi connectivity index (χ2v) is 6.76. The Morgan fingerprint density at radius 3 is 2.37 bits per heavy atom. The third-order valence-corrected chi connectivity index (χ3v) is 4.88. The molecule has 0 saturated carbocycles. The first-order valence-corrected chi connectivity index (χ1v) is 7.84. The summed E-state index contributed by atoms with van der Waals surface area (Å²) in [7, 11) is 0. The topological polar surface area (TPSA) is 0 Å². The van der Waals surface area contributed by atoms with Gasteiger partial charge in [0.2, 0.25) is 0 Å². The summed E-state index contributed by atoms with van der Waals surface area (Å²) in [4.78, 5) is -0.0598. The van der Waals surface area contributed by atoms with Crippen LogP contribution in [0.2, 0.25) is 5.02 Å². The first-order valence-electron chi connectivity index (χ1n) is 5.75. The number of hydrogen-bond donors (Lipinski definition) is 0. The second kappa shape index (κ2) is 5.94. The van der Waals surface area contributed by atoms with Gasteiger partial charge in [0.25, 0.3) is 0 Å². The van der Waals surface area contributed by atoms with Gasteiger partial charge in [0.15, 0.2) is 0 Å². The van der Waals surface area contributed by atoms with Crippen molar-refractivity contribution >= 4 is 43.5 Å². The summed E-state index contributed by atoms with van der Waals surface area (Å²) in [5.74, 6) is -0.253. The highest BCUT2D eigenvalue weighted by molar-refractivity contribution is 9.10. The summed E-state index contributed by atoms with van der Waals surface area (Å²) in [5, 5.41) is 0.751. The second-order valence-electron chi connectivity index (χ2n) is 4.52. The Bertz CT molecular complexity index is 606. The van der Waals surface area contributed by atoms with Gasteiger partial charge in [-0.15, -0.1) is 0 Å². The van der Waals surface area contributed by atoms with E-state index in [0.29, 0.717) is 0 Å². The van der Waals surface area contributed by atoms with Gasteiger partial charge in [-0.3, -0.25) is 0 Å². The van der Waals surface area contributed by atoms with Crippen LogP contribution in [0.5, 0.6) is 0 Å². The minimum atomic E-state index is -0.253. The van der Waals surface area contributed by atoms with Gasteiger partial charge in [0.1, 0.15) is 5.82 Å². The van der Waals surface area contributed by atoms with Crippen molar-refractivity contribution in [3.63, 3.8) is 0 Å². The first-order chi connectivity index (χ1) is 8.88. The van der Waals surface area contributed by atoms with Crippen LogP contribution in [0.3, 0.4) is 0 Å². The molecular weight excluding hydrogens is 394 g/mol. The molecule has 19 heavy (non-hydrogen) atoms. The molecule has 0 amide bonds. The van der Waals surface area contributed by atoms with Crippen molar-refractivity contribution in [1.82, 2.24) is 0 Å². The van der Waals surface area contributed by atoms with E-state index in [-0.39, 0.29) is 10.6 Å². The number of rotatable bonds is 2. The molecule has 1 unspecified atom stereocenters. The van der Waals surface area contributed by atoms with Crippen molar-refractivity contribution in [2.45, 2.75) is 18.7 Å². The van der Waals surface area contributed by atoms with Gasteiger partial charge in [-0.25, -0.2) is 4.39 Å². The highest BCUT2D eigenvalue weighted by Crippen LogP contribution is 2.36. The van der Waals surface area contributed by atoms with Crippen LogP contribution in [0.1, 0.15) is 27.1 Å². The maximum Gasteiger partial charge on any atom is 0.124 e. The van der Waals surface area contributed by atoms with Crippen molar-refractivity contribution < 1.29 is 4.39 Å². The molecule has 2 rings (SSSR count). The molecule has 0 aliphatic carbocycles. The van der Waals surface area contributed by atoms with Gasteiger partial charge in [0, 0.05) is 9.50 Å². The Hall–Kier alpha value is -0.380. The Balaban J connectivity index is 2.49. The summed E-state index contributed by atoms with van der Waals surface area (Å²) in [6.07, 6.45) is 0. The van der Waals surface area contributed by atoms with Crippen LogP contribution in [0.25, 0.3) is 0 Å². The van der Waals surface area contributed by atoms with Gasteiger partial charge < -0.3 is 0 Å². The number of alkyl halides is 1. The predicted molar refractivity (Wildman–Crippen MR) is 85.8 cm³/mol. The maximum absolute atomic E-state index is 13.5. The first kappa shape index (κ1) is 15.0. The third-order valence-electron chi connectivity index (χ3n) is 3.00. The van der Waals surface area contributed by atoms with Crippen LogP contribution >= 0.6 is 43.5 Å². The molecule has 0 aliphatic heterocycles. The quantitative estimate of drug-likeness (QED) is 0.510. The van der Waals surface area contributed by atoms with Gasteiger partial charge >= 0.3 is 0 Å². The Morgan fingerprint density at radius 1 is 1.05 bits per heavy atom. The summed E-state index contributed by atoms with van der Waals surface area (Å²) >= 11 is 13.1. The monoisotopic (exact) mass is 404 g/mol. The summed E-state index contributed by atoms with van der Waals surface area (Å²) in [5.41, 5.74) is 4.07. The highest BCUT2D eigenvalue weighted by Gasteiger charge is 2.15. The zero-order valence-electron chi connectivity index (χ0n) is 10.5. The van der Waals surface area contributed by atoms with E-state index in [0.717, 1.165) is 31.7 Å². The fourth-order valence-corrected chi connectivity index (χ4v) is 3.44. The minimum Gasteiger partial charge on any atom is -0.207 e. The van der Waals surface area contributed by atoms with Crippen LogP contribution in [0.15, 0.2) is 34.8 Å². The molecule has 100 valence electrons. The molecule has 0 aliphatic rings. The lowest BCUT2D eigenvalue weighted by atomic mass is 9.98. The van der Waals surface area contributed by atoms with Crippen LogP contribution in [-0.2, 0) is 0 Å². The zero-order chi connectivity index (χ0) is 14.2. The molecule has 0 heterocycles. The van der Waals surface area contributed by atoms with Crippen molar-refractivity contribution in [1.29, 1.82) is 0 Å². The van der Waals surface area contributed by atoms with E-state index in [1.165, 1.54) is 12.1 Å². The van der Waals surface area contributed by atoms with E-state index in [4.69, 9.17) is 11.6 Å². The summed E-state index contributed by atoms with van der Waals surface area (Å²) in [6, 6.07) is 8.87. The van der Waals surface area contributed by atoms with Crippen molar-refractivity contribution in [2.24, 2.45) is 0 Å². The van der Waals surface area contributed by atoms with Crippen molar-refractivity contribution in [2.75, 3.05) is 0 Å². The molecular formula is C15H12Br2ClF. The number of halogens is 4. The van der Waals surface area contributed by atoms with E-state index in [2.05, 4.69) is 31.9 Å². The number of aryl methyl sites for hydroxylation is 2. The normalized spacial score (nSPS) is 12.5. The van der Waals surface area contributed by atoms with Crippen LogP contribution in [0.4, 0.5) is 4.39 Å². The van der Waals surface area contributed by atoms with Gasteiger partial charge in [-0.05, 0) is 60.4 Å². The lowest BCUT2D eigenvalue weighted by Gasteiger charge is -2.16. The number of benzene rings is 2. The fraction of sp³-hybridized carbons (Fsp3) is 0.200. The van der Waals surface area contributed by atoms with Gasteiger partial charge in [0.05, 0.1) is 4.83 Å². The van der Waals surface area contributed by atoms with Gasteiger partial charge in [-0.2, -0.15) is 0 Å². The van der Waals surface area contributed by atoms with E-state index in [9.17, 15) is 4.39 Å². The summed E-state index contributed by atoms with van der Waals surface area (Å²) in [6.45, 7) is 3.97. The van der Waals surface area contributed by atoms with E-state index in [1.54, 1.807) is 0 Å². The fourth-order valence-electron chi connectivity index (χ4n) is 1.98. The lowest BCUT2D eigenvalue weighted by molar-refractivity contribution is 0.625. The van der Waals surface area contributed by atoms with Crippen molar-refractivity contribution in [3.05, 3.63) is 67.9 Å². The molecule has 0 bridgehead atoms. The average molecular weight is 407 g/mol. The molecule has 4 heteroatoms. The molecule has 0 radical (unpaired) electrons. The van der Waals surface area contributed by atoms with E-state index >= 15 is 0 Å². The van der Waals surface area contributed by atoms with Crippen LogP contribution in [-0.4, -0.2) is 0 Å². The molecule has 1 atom stereocenters. The third kappa shape index (κ3) is 3.39. The molecule has 0 N–H and O–H groups in total. The lowest BCUT2D eigenvalue weighted by Crippen LogP contribution is -1.98. The van der Waals surface area contributed by atoms with E-state index < -0.39 is 0 Å². The Morgan fingerprint density at radius 2 is 1.74 bits per heavy atom. The van der Waals surface area contributed by atoms with Crippen molar-refractivity contribution in [3.8, 4) is 0 Å². The molecule has 2 aromatic rings. The Labute approximate surface area is 134 Å². The van der Waals surface area contributed by atoms with Crippen LogP contribution < -0.4 is 0 Å². The average Bonchev–Trinajstić information content (AvgIpc) is 2.31. The maximum atomic E-state index is 13.5. The molecule has 0 aromatic heterocycles. The highest BCUT2D eigenvalue weighted by atomic mass is 79.9. The molecule has 2 aromatic carbocycles. The standard InChI is InChI=1S/C15H12Br2ClF/c1-8-4-14(18)9(2)3-13(8)15(17)10-5-11(16)7-12(19)6-10/h3-7,15H,1-2H3. The molecule has 0 nitrogen and oxygen atoms in total. The number of hydrogen-bond acceptors (Lipinski definition) is 0. The molecule has 0 fully saturated rings. The predicted octanol–water partition coefficient (Wildman–Crippen LogP) is 6.34. The van der Waals surface area contributed by atoms with E-state index in [1.807, 2.05) is 32.0 Å². The summed E-state index contributed by atoms with van der Waals surface area (Å²) < 4.78 is 14.2. The molecule has 0 saturated heterocycles. The minimum absolute atomic E-state index is 0.0598. The molecule has 0 spiro atoms.